The number of pyridine rings is 1. The van der Waals surface area contributed by atoms with Crippen LogP contribution in [0.3, 0.4) is 0 Å². The molecule has 0 aromatic carbocycles. The minimum Gasteiger partial charge on any atom is -0.397 e. The van der Waals surface area contributed by atoms with Crippen molar-refractivity contribution in [2.24, 2.45) is 0 Å². The van der Waals surface area contributed by atoms with Gasteiger partial charge in [0.1, 0.15) is 5.82 Å². The molecule has 1 aromatic heterocycles. The first-order valence-electron chi connectivity index (χ1n) is 7.31. The van der Waals surface area contributed by atoms with Crippen molar-refractivity contribution in [2.45, 2.75) is 34.1 Å². The van der Waals surface area contributed by atoms with Gasteiger partial charge in [-0.15, -0.1) is 0 Å². The molecule has 108 valence electrons. The molecule has 0 aliphatic carbocycles. The van der Waals surface area contributed by atoms with Crippen molar-refractivity contribution in [1.82, 2.24) is 9.88 Å². The number of hydrogen-bond donors (Lipinski definition) is 1. The Kier molecular flexibility index (Phi) is 6.64. The molecule has 0 unspecified atom stereocenters. The maximum Gasteiger partial charge on any atom is 0.131 e. The second-order valence-electron chi connectivity index (χ2n) is 4.87. The highest BCUT2D eigenvalue weighted by atomic mass is 15.2. The molecule has 0 radical (unpaired) electrons. The molecule has 1 aromatic rings. The third-order valence-electron chi connectivity index (χ3n) is 3.55. The maximum atomic E-state index is 5.76. The Labute approximate surface area is 117 Å². The van der Waals surface area contributed by atoms with Crippen LogP contribution in [0.15, 0.2) is 12.3 Å². The van der Waals surface area contributed by atoms with Gasteiger partial charge in [-0.05, 0) is 51.5 Å². The van der Waals surface area contributed by atoms with Crippen LogP contribution in [-0.2, 0) is 0 Å². The summed E-state index contributed by atoms with van der Waals surface area (Å²) in [6, 6.07) is 2.00. The van der Waals surface area contributed by atoms with Gasteiger partial charge in [0.2, 0.25) is 0 Å². The van der Waals surface area contributed by atoms with E-state index in [1.165, 1.54) is 6.42 Å². The smallest absolute Gasteiger partial charge is 0.131 e. The average molecular weight is 264 g/mol. The normalized spacial score (nSPS) is 11.0. The fraction of sp³-hybridized carbons (Fsp3) is 0.667. The largest absolute Gasteiger partial charge is 0.397 e. The highest BCUT2D eigenvalue weighted by Gasteiger charge is 2.09. The van der Waals surface area contributed by atoms with E-state index in [9.17, 15) is 0 Å². The van der Waals surface area contributed by atoms with Gasteiger partial charge in [0, 0.05) is 13.1 Å². The SMILES string of the molecule is CCN(CC)CCCN(CC)c1ncc(N)cc1C. The standard InChI is InChI=1S/C15H28N4/c1-5-18(6-2)9-8-10-19(7-3)15-13(4)11-14(16)12-17-15/h11-12H,5-10,16H2,1-4H3. The maximum absolute atomic E-state index is 5.76. The van der Waals surface area contributed by atoms with E-state index < -0.39 is 0 Å². The summed E-state index contributed by atoms with van der Waals surface area (Å²) in [6.45, 7) is 14.1. The first kappa shape index (κ1) is 15.8. The summed E-state index contributed by atoms with van der Waals surface area (Å²) in [4.78, 5) is 9.26. The molecule has 1 heterocycles. The van der Waals surface area contributed by atoms with Crippen molar-refractivity contribution in [1.29, 1.82) is 0 Å². The summed E-state index contributed by atoms with van der Waals surface area (Å²) in [7, 11) is 0. The second kappa shape index (κ2) is 8.00. The second-order valence-corrected chi connectivity index (χ2v) is 4.87. The first-order chi connectivity index (χ1) is 9.12. The van der Waals surface area contributed by atoms with Gasteiger partial charge in [-0.3, -0.25) is 0 Å². The van der Waals surface area contributed by atoms with E-state index in [0.29, 0.717) is 0 Å². The van der Waals surface area contributed by atoms with Crippen molar-refractivity contribution in [2.75, 3.05) is 43.4 Å². The molecule has 4 heteroatoms. The van der Waals surface area contributed by atoms with Crippen LogP contribution in [0, 0.1) is 6.92 Å². The highest BCUT2D eigenvalue weighted by molar-refractivity contribution is 5.52. The molecule has 0 aliphatic heterocycles. The van der Waals surface area contributed by atoms with Gasteiger partial charge in [-0.1, -0.05) is 13.8 Å². The summed E-state index contributed by atoms with van der Waals surface area (Å²) in [6.07, 6.45) is 2.91. The Bertz CT molecular complexity index is 374. The number of hydrogen-bond acceptors (Lipinski definition) is 4. The lowest BCUT2D eigenvalue weighted by Gasteiger charge is -2.25. The van der Waals surface area contributed by atoms with Crippen LogP contribution >= 0.6 is 0 Å². The number of nitrogens with two attached hydrogens (primary N) is 1. The van der Waals surface area contributed by atoms with Gasteiger partial charge in [-0.2, -0.15) is 0 Å². The van der Waals surface area contributed by atoms with E-state index in [0.717, 1.165) is 49.8 Å². The molecule has 0 amide bonds. The zero-order chi connectivity index (χ0) is 14.3. The van der Waals surface area contributed by atoms with Crippen LogP contribution in [0.4, 0.5) is 11.5 Å². The molecular formula is C15H28N4. The minimum atomic E-state index is 0.737. The number of rotatable bonds is 8. The molecular weight excluding hydrogens is 236 g/mol. The summed E-state index contributed by atoms with van der Waals surface area (Å²) in [5.41, 5.74) is 7.65. The van der Waals surface area contributed by atoms with Gasteiger partial charge in [0.05, 0.1) is 11.9 Å². The van der Waals surface area contributed by atoms with Gasteiger partial charge < -0.3 is 15.5 Å². The lowest BCUT2D eigenvalue weighted by Crippen LogP contribution is -2.30. The van der Waals surface area contributed by atoms with E-state index in [2.05, 4.69) is 42.5 Å². The number of aromatic nitrogens is 1. The van der Waals surface area contributed by atoms with E-state index in [-0.39, 0.29) is 0 Å². The van der Waals surface area contributed by atoms with Crippen molar-refractivity contribution in [3.63, 3.8) is 0 Å². The van der Waals surface area contributed by atoms with Crippen molar-refractivity contribution in [3.8, 4) is 0 Å². The lowest BCUT2D eigenvalue weighted by molar-refractivity contribution is 0.300. The summed E-state index contributed by atoms with van der Waals surface area (Å²) in [5, 5.41) is 0. The minimum absolute atomic E-state index is 0.737. The molecule has 2 N–H and O–H groups in total. The highest BCUT2D eigenvalue weighted by Crippen LogP contribution is 2.18. The quantitative estimate of drug-likeness (QED) is 0.783. The van der Waals surface area contributed by atoms with Crippen LogP contribution in [0.5, 0.6) is 0 Å². The number of nitrogens with zero attached hydrogens (tertiary/aromatic N) is 3. The Morgan fingerprint density at radius 1 is 1.11 bits per heavy atom. The molecule has 0 bridgehead atoms. The molecule has 0 atom stereocenters. The zero-order valence-corrected chi connectivity index (χ0v) is 12.8. The molecule has 1 rings (SSSR count). The van der Waals surface area contributed by atoms with Gasteiger partial charge >= 0.3 is 0 Å². The Morgan fingerprint density at radius 2 is 1.79 bits per heavy atom. The van der Waals surface area contributed by atoms with E-state index in [1.807, 2.05) is 6.07 Å². The predicted molar refractivity (Wildman–Crippen MR) is 83.7 cm³/mol. The monoisotopic (exact) mass is 264 g/mol. The Hall–Kier alpha value is -1.29. The lowest BCUT2D eigenvalue weighted by atomic mass is 10.2. The molecule has 4 nitrogen and oxygen atoms in total. The number of anilines is 2. The van der Waals surface area contributed by atoms with Crippen LogP contribution < -0.4 is 10.6 Å². The van der Waals surface area contributed by atoms with E-state index in [1.54, 1.807) is 6.20 Å². The van der Waals surface area contributed by atoms with Crippen molar-refractivity contribution in [3.05, 3.63) is 17.8 Å². The first-order valence-corrected chi connectivity index (χ1v) is 7.31. The molecule has 19 heavy (non-hydrogen) atoms. The molecule has 0 aliphatic rings. The van der Waals surface area contributed by atoms with Crippen LogP contribution in [0.1, 0.15) is 32.8 Å². The molecule has 0 fully saturated rings. The molecule has 0 saturated carbocycles. The number of nitrogen functional groups attached to an aromatic ring is 1. The molecule has 0 saturated heterocycles. The molecule has 0 spiro atoms. The zero-order valence-electron chi connectivity index (χ0n) is 12.8. The average Bonchev–Trinajstić information content (AvgIpc) is 2.40. The van der Waals surface area contributed by atoms with E-state index in [4.69, 9.17) is 5.73 Å². The summed E-state index contributed by atoms with van der Waals surface area (Å²) < 4.78 is 0. The fourth-order valence-electron chi connectivity index (χ4n) is 2.36. The third kappa shape index (κ3) is 4.71. The van der Waals surface area contributed by atoms with Crippen LogP contribution in [0.25, 0.3) is 0 Å². The summed E-state index contributed by atoms with van der Waals surface area (Å²) in [5.74, 6) is 1.07. The number of aryl methyl sites for hydroxylation is 1. The Balaban J connectivity index is 2.58. The van der Waals surface area contributed by atoms with Crippen molar-refractivity contribution < 1.29 is 0 Å². The van der Waals surface area contributed by atoms with Gasteiger partial charge in [0.15, 0.2) is 0 Å². The topological polar surface area (TPSA) is 45.4 Å². The van der Waals surface area contributed by atoms with Gasteiger partial charge in [-0.25, -0.2) is 4.98 Å². The fourth-order valence-corrected chi connectivity index (χ4v) is 2.36. The predicted octanol–water partition coefficient (Wildman–Crippen LogP) is 2.53. The van der Waals surface area contributed by atoms with E-state index >= 15 is 0 Å². The van der Waals surface area contributed by atoms with Crippen molar-refractivity contribution >= 4 is 11.5 Å². The van der Waals surface area contributed by atoms with Crippen LogP contribution in [-0.4, -0.2) is 42.6 Å². The summed E-state index contributed by atoms with van der Waals surface area (Å²) >= 11 is 0. The van der Waals surface area contributed by atoms with Gasteiger partial charge in [0.25, 0.3) is 0 Å². The third-order valence-corrected chi connectivity index (χ3v) is 3.55. The van der Waals surface area contributed by atoms with Crippen LogP contribution in [0.2, 0.25) is 0 Å². The Morgan fingerprint density at radius 3 is 2.32 bits per heavy atom.